The van der Waals surface area contributed by atoms with Crippen molar-refractivity contribution in [2.45, 2.75) is 6.92 Å². The van der Waals surface area contributed by atoms with E-state index in [1.165, 1.54) is 5.57 Å². The summed E-state index contributed by atoms with van der Waals surface area (Å²) in [6.07, 6.45) is 7.58. The van der Waals surface area contributed by atoms with E-state index in [-0.39, 0.29) is 0 Å². The lowest BCUT2D eigenvalue weighted by atomic mass is 10.2. The molecule has 0 radical (unpaired) electrons. The average molecular weight is 123 g/mol. The maximum absolute atomic E-state index is 5.23. The molecule has 50 valence electrons. The van der Waals surface area contributed by atoms with Gasteiger partial charge in [-0.2, -0.15) is 0 Å². The smallest absolute Gasteiger partial charge is 0.0110 e. The number of nitrogens with two attached hydrogens (primary N) is 1. The van der Waals surface area contributed by atoms with Crippen LogP contribution in [-0.2, 0) is 0 Å². The second-order valence-electron chi connectivity index (χ2n) is 1.78. The largest absolute Gasteiger partial charge is 0.327 e. The zero-order chi connectivity index (χ0) is 7.11. The lowest BCUT2D eigenvalue weighted by molar-refractivity contribution is 1.25. The van der Waals surface area contributed by atoms with Crippen LogP contribution >= 0.6 is 0 Å². The molecule has 0 aromatic heterocycles. The minimum absolute atomic E-state index is 0.600. The first-order valence-corrected chi connectivity index (χ1v) is 2.97. The molecule has 0 aliphatic heterocycles. The Morgan fingerprint density at radius 1 is 1.67 bits per heavy atom. The highest BCUT2D eigenvalue weighted by Crippen LogP contribution is 1.92. The van der Waals surface area contributed by atoms with E-state index in [0.29, 0.717) is 6.54 Å². The number of hydrogen-bond acceptors (Lipinski definition) is 1. The van der Waals surface area contributed by atoms with E-state index in [0.717, 1.165) is 0 Å². The molecule has 0 heterocycles. The molecule has 9 heavy (non-hydrogen) atoms. The zero-order valence-corrected chi connectivity index (χ0v) is 5.80. The van der Waals surface area contributed by atoms with Crippen molar-refractivity contribution >= 4 is 0 Å². The SMILES string of the molecule is C=C/C=C(C)/C=C\CN. The molecule has 0 aromatic rings. The summed E-state index contributed by atoms with van der Waals surface area (Å²) in [5, 5.41) is 0. The van der Waals surface area contributed by atoms with Crippen molar-refractivity contribution in [1.29, 1.82) is 0 Å². The average Bonchev–Trinajstić information content (AvgIpc) is 1.85. The highest BCUT2D eigenvalue weighted by Gasteiger charge is 1.73. The van der Waals surface area contributed by atoms with Gasteiger partial charge in [-0.3, -0.25) is 0 Å². The quantitative estimate of drug-likeness (QED) is 0.567. The molecule has 0 atom stereocenters. The standard InChI is InChI=1S/C8H13N/c1-3-5-8(2)6-4-7-9/h3-6H,1,7,9H2,2H3/b6-4-,8-5+. The predicted molar refractivity (Wildman–Crippen MR) is 42.1 cm³/mol. The van der Waals surface area contributed by atoms with Crippen LogP contribution in [0, 0.1) is 0 Å². The molecule has 0 aliphatic rings. The monoisotopic (exact) mass is 123 g/mol. The Hall–Kier alpha value is -0.820. The lowest BCUT2D eigenvalue weighted by Crippen LogP contribution is -1.91. The van der Waals surface area contributed by atoms with Crippen LogP contribution in [0.25, 0.3) is 0 Å². The van der Waals surface area contributed by atoms with Gasteiger partial charge in [-0.05, 0) is 6.92 Å². The summed E-state index contributed by atoms with van der Waals surface area (Å²) in [7, 11) is 0. The molecule has 0 spiro atoms. The van der Waals surface area contributed by atoms with Crippen molar-refractivity contribution in [3.63, 3.8) is 0 Å². The van der Waals surface area contributed by atoms with Crippen molar-refractivity contribution < 1.29 is 0 Å². The van der Waals surface area contributed by atoms with Gasteiger partial charge in [0.15, 0.2) is 0 Å². The maximum atomic E-state index is 5.23. The summed E-state index contributed by atoms with van der Waals surface area (Å²) < 4.78 is 0. The van der Waals surface area contributed by atoms with Crippen LogP contribution in [0.1, 0.15) is 6.92 Å². The summed E-state index contributed by atoms with van der Waals surface area (Å²) in [6, 6.07) is 0. The van der Waals surface area contributed by atoms with Crippen LogP contribution in [0.15, 0.2) is 36.5 Å². The number of hydrogen-bond donors (Lipinski definition) is 1. The van der Waals surface area contributed by atoms with Crippen molar-refractivity contribution in [2.75, 3.05) is 6.54 Å². The van der Waals surface area contributed by atoms with E-state index in [4.69, 9.17) is 5.73 Å². The fraction of sp³-hybridized carbons (Fsp3) is 0.250. The summed E-state index contributed by atoms with van der Waals surface area (Å²) in [6.45, 7) is 6.17. The van der Waals surface area contributed by atoms with Gasteiger partial charge >= 0.3 is 0 Å². The fourth-order valence-corrected chi connectivity index (χ4v) is 0.495. The second kappa shape index (κ2) is 5.32. The van der Waals surface area contributed by atoms with Gasteiger partial charge in [0, 0.05) is 6.54 Å². The predicted octanol–water partition coefficient (Wildman–Crippen LogP) is 1.63. The van der Waals surface area contributed by atoms with Crippen molar-refractivity contribution in [1.82, 2.24) is 0 Å². The molecular weight excluding hydrogens is 110 g/mol. The molecule has 1 heteroatoms. The molecular formula is C8H13N. The molecule has 0 aliphatic carbocycles. The Kier molecular flexibility index (Phi) is 4.83. The molecule has 0 saturated heterocycles. The normalized spacial score (nSPS) is 12.4. The molecule has 1 nitrogen and oxygen atoms in total. The maximum Gasteiger partial charge on any atom is 0.0110 e. The van der Waals surface area contributed by atoms with Crippen molar-refractivity contribution in [3.8, 4) is 0 Å². The van der Waals surface area contributed by atoms with Crippen LogP contribution in [0.5, 0.6) is 0 Å². The Bertz CT molecular complexity index is 132. The fourth-order valence-electron chi connectivity index (χ4n) is 0.495. The van der Waals surface area contributed by atoms with Gasteiger partial charge in [0.2, 0.25) is 0 Å². The third-order valence-electron chi connectivity index (χ3n) is 0.898. The molecule has 0 aromatic carbocycles. The minimum Gasteiger partial charge on any atom is -0.327 e. The van der Waals surface area contributed by atoms with E-state index in [9.17, 15) is 0 Å². The molecule has 2 N–H and O–H groups in total. The second-order valence-corrected chi connectivity index (χ2v) is 1.78. The third kappa shape index (κ3) is 5.04. The van der Waals surface area contributed by atoms with Gasteiger partial charge in [0.05, 0.1) is 0 Å². The van der Waals surface area contributed by atoms with Gasteiger partial charge in [0.1, 0.15) is 0 Å². The minimum atomic E-state index is 0.600. The lowest BCUT2D eigenvalue weighted by Gasteiger charge is -1.85. The molecule has 0 rings (SSSR count). The molecule has 0 bridgehead atoms. The summed E-state index contributed by atoms with van der Waals surface area (Å²) >= 11 is 0. The first-order chi connectivity index (χ1) is 4.31. The number of allylic oxidation sites excluding steroid dienone is 4. The van der Waals surface area contributed by atoms with Gasteiger partial charge in [0.25, 0.3) is 0 Å². The van der Waals surface area contributed by atoms with Crippen LogP contribution in [0.4, 0.5) is 0 Å². The molecule has 0 unspecified atom stereocenters. The highest BCUT2D eigenvalue weighted by atomic mass is 14.5. The Balaban J connectivity index is 3.74. The van der Waals surface area contributed by atoms with E-state index in [2.05, 4.69) is 6.58 Å². The highest BCUT2D eigenvalue weighted by molar-refractivity contribution is 5.20. The Morgan fingerprint density at radius 2 is 2.33 bits per heavy atom. The summed E-state index contributed by atoms with van der Waals surface area (Å²) in [5.41, 5.74) is 6.41. The van der Waals surface area contributed by atoms with Gasteiger partial charge in [-0.25, -0.2) is 0 Å². The first-order valence-electron chi connectivity index (χ1n) is 2.97. The molecule has 0 fully saturated rings. The van der Waals surface area contributed by atoms with Gasteiger partial charge in [-0.1, -0.05) is 36.5 Å². The zero-order valence-electron chi connectivity index (χ0n) is 5.80. The van der Waals surface area contributed by atoms with Crippen molar-refractivity contribution in [2.24, 2.45) is 5.73 Å². The van der Waals surface area contributed by atoms with Crippen molar-refractivity contribution in [3.05, 3.63) is 36.5 Å². The van der Waals surface area contributed by atoms with Gasteiger partial charge in [-0.15, -0.1) is 0 Å². The van der Waals surface area contributed by atoms with E-state index >= 15 is 0 Å². The van der Waals surface area contributed by atoms with Crippen LogP contribution in [0.3, 0.4) is 0 Å². The molecule has 0 amide bonds. The van der Waals surface area contributed by atoms with Crippen LogP contribution in [-0.4, -0.2) is 6.54 Å². The Labute approximate surface area is 56.6 Å². The van der Waals surface area contributed by atoms with Gasteiger partial charge < -0.3 is 5.73 Å². The van der Waals surface area contributed by atoms with E-state index < -0.39 is 0 Å². The first kappa shape index (κ1) is 8.18. The Morgan fingerprint density at radius 3 is 2.78 bits per heavy atom. The molecule has 0 saturated carbocycles. The van der Waals surface area contributed by atoms with Crippen LogP contribution in [0.2, 0.25) is 0 Å². The topological polar surface area (TPSA) is 26.0 Å². The number of rotatable bonds is 3. The summed E-state index contributed by atoms with van der Waals surface area (Å²) in [5.74, 6) is 0. The van der Waals surface area contributed by atoms with Crippen LogP contribution < -0.4 is 5.73 Å². The summed E-state index contributed by atoms with van der Waals surface area (Å²) in [4.78, 5) is 0. The third-order valence-corrected chi connectivity index (χ3v) is 0.898. The van der Waals surface area contributed by atoms with E-state index in [1.54, 1.807) is 6.08 Å². The van der Waals surface area contributed by atoms with E-state index in [1.807, 2.05) is 25.2 Å².